The average molecular weight is 314 g/mol. The van der Waals surface area contributed by atoms with Gasteiger partial charge in [0.05, 0.1) is 5.69 Å². The van der Waals surface area contributed by atoms with Crippen molar-refractivity contribution < 1.29 is 18.4 Å². The summed E-state index contributed by atoms with van der Waals surface area (Å²) < 4.78 is 25.0. The van der Waals surface area contributed by atoms with Crippen LogP contribution in [-0.2, 0) is 9.59 Å². The van der Waals surface area contributed by atoms with Crippen molar-refractivity contribution in [3.8, 4) is 0 Å². The molecule has 1 N–H and O–H groups in total. The molecule has 21 heavy (non-hydrogen) atoms. The fraction of sp³-hybridized carbons (Fsp3) is 0.429. The molecule has 1 heterocycles. The van der Waals surface area contributed by atoms with Crippen molar-refractivity contribution in [2.45, 2.75) is 36.5 Å². The number of hydrogen-bond acceptors (Lipinski definition) is 3. The summed E-state index contributed by atoms with van der Waals surface area (Å²) >= 11 is 0.388. The highest BCUT2D eigenvalue weighted by Gasteiger charge is 2.32. The van der Waals surface area contributed by atoms with Gasteiger partial charge in [-0.2, -0.15) is 8.78 Å². The van der Waals surface area contributed by atoms with Crippen LogP contribution >= 0.6 is 11.8 Å². The Morgan fingerprint density at radius 3 is 2.76 bits per heavy atom. The number of nitrogens with one attached hydrogen (secondary N) is 1. The molecule has 0 aromatic heterocycles. The molecule has 0 radical (unpaired) electrons. The quantitative estimate of drug-likeness (QED) is 0.869. The second-order valence-corrected chi connectivity index (χ2v) is 5.77. The van der Waals surface area contributed by atoms with Gasteiger partial charge in [0.1, 0.15) is 6.04 Å². The second-order valence-electron chi connectivity index (χ2n) is 4.73. The fourth-order valence-electron chi connectivity index (χ4n) is 2.40. The Hall–Kier alpha value is -1.63. The molecule has 0 bridgehead atoms. The summed E-state index contributed by atoms with van der Waals surface area (Å²) in [6.07, 6.45) is 1.36. The van der Waals surface area contributed by atoms with Gasteiger partial charge in [0, 0.05) is 18.4 Å². The highest BCUT2D eigenvalue weighted by Crippen LogP contribution is 2.32. The van der Waals surface area contributed by atoms with Crippen LogP contribution in [0.15, 0.2) is 29.2 Å². The summed E-state index contributed by atoms with van der Waals surface area (Å²) in [5.41, 5.74) is 0.350. The average Bonchev–Trinajstić information content (AvgIpc) is 2.90. The number of hydrogen-bond donors (Lipinski definition) is 1. The molecule has 0 spiro atoms. The summed E-state index contributed by atoms with van der Waals surface area (Å²) in [7, 11) is 0. The van der Waals surface area contributed by atoms with Crippen molar-refractivity contribution in [3.05, 3.63) is 24.3 Å². The lowest BCUT2D eigenvalue weighted by molar-refractivity contribution is -0.134. The number of thioether (sulfide) groups is 1. The number of amides is 2. The Balaban J connectivity index is 2.11. The SMILES string of the molecule is CC(=O)N1CCCC1C(=O)Nc1ccccc1SC(F)F. The minimum absolute atomic E-state index is 0.150. The Morgan fingerprint density at radius 1 is 1.38 bits per heavy atom. The Morgan fingerprint density at radius 2 is 2.10 bits per heavy atom. The van der Waals surface area contributed by atoms with Gasteiger partial charge in [0.15, 0.2) is 0 Å². The zero-order valence-corrected chi connectivity index (χ0v) is 12.3. The molecule has 2 amide bonds. The molecule has 7 heteroatoms. The number of para-hydroxylation sites is 1. The van der Waals surface area contributed by atoms with E-state index in [2.05, 4.69) is 5.32 Å². The molecule has 1 fully saturated rings. The minimum atomic E-state index is -2.55. The first-order valence-electron chi connectivity index (χ1n) is 6.61. The topological polar surface area (TPSA) is 49.4 Å². The van der Waals surface area contributed by atoms with E-state index >= 15 is 0 Å². The van der Waals surface area contributed by atoms with E-state index in [9.17, 15) is 18.4 Å². The lowest BCUT2D eigenvalue weighted by Gasteiger charge is -2.22. The molecule has 0 aliphatic carbocycles. The highest BCUT2D eigenvalue weighted by atomic mass is 32.2. The molecule has 2 rings (SSSR count). The van der Waals surface area contributed by atoms with E-state index in [0.717, 1.165) is 6.42 Å². The maximum Gasteiger partial charge on any atom is 0.288 e. The predicted octanol–water partition coefficient (Wildman–Crippen LogP) is 2.95. The van der Waals surface area contributed by atoms with E-state index in [0.29, 0.717) is 35.3 Å². The summed E-state index contributed by atoms with van der Waals surface area (Å²) in [6, 6.07) is 5.90. The van der Waals surface area contributed by atoms with Crippen molar-refractivity contribution in [1.29, 1.82) is 0 Å². The highest BCUT2D eigenvalue weighted by molar-refractivity contribution is 7.99. The Labute approximate surface area is 125 Å². The molecule has 1 aliphatic rings. The number of likely N-dealkylation sites (tertiary alicyclic amines) is 1. The third-order valence-corrected chi connectivity index (χ3v) is 4.11. The largest absolute Gasteiger partial charge is 0.331 e. The molecule has 1 saturated heterocycles. The van der Waals surface area contributed by atoms with Crippen LogP contribution in [0.2, 0.25) is 0 Å². The normalized spacial score (nSPS) is 18.1. The lowest BCUT2D eigenvalue weighted by Crippen LogP contribution is -2.42. The van der Waals surface area contributed by atoms with Gasteiger partial charge in [-0.15, -0.1) is 0 Å². The smallest absolute Gasteiger partial charge is 0.288 e. The van der Waals surface area contributed by atoms with Gasteiger partial charge in [-0.05, 0) is 25.0 Å². The molecule has 0 saturated carbocycles. The zero-order valence-electron chi connectivity index (χ0n) is 11.5. The van der Waals surface area contributed by atoms with Gasteiger partial charge < -0.3 is 10.2 Å². The van der Waals surface area contributed by atoms with Crippen molar-refractivity contribution in [2.75, 3.05) is 11.9 Å². The summed E-state index contributed by atoms with van der Waals surface area (Å²) in [5, 5.41) is 2.66. The number of anilines is 1. The molecule has 4 nitrogen and oxygen atoms in total. The van der Waals surface area contributed by atoms with Crippen LogP contribution in [0.4, 0.5) is 14.5 Å². The first-order chi connectivity index (χ1) is 9.99. The van der Waals surface area contributed by atoms with Crippen molar-refractivity contribution >= 4 is 29.3 Å². The number of carbonyl (C=O) groups is 2. The monoisotopic (exact) mass is 314 g/mol. The summed E-state index contributed by atoms with van der Waals surface area (Å²) in [6.45, 7) is 1.98. The predicted molar refractivity (Wildman–Crippen MR) is 77.3 cm³/mol. The van der Waals surface area contributed by atoms with E-state index in [1.165, 1.54) is 17.9 Å². The van der Waals surface area contributed by atoms with Gasteiger partial charge in [-0.1, -0.05) is 23.9 Å². The Kier molecular flexibility index (Phi) is 5.17. The second kappa shape index (κ2) is 6.89. The number of benzene rings is 1. The molecule has 1 aromatic carbocycles. The van der Waals surface area contributed by atoms with Crippen LogP contribution in [0, 0.1) is 0 Å². The third kappa shape index (κ3) is 3.93. The van der Waals surface area contributed by atoms with Crippen LogP contribution in [0.3, 0.4) is 0 Å². The molecule has 114 valence electrons. The van der Waals surface area contributed by atoms with Crippen LogP contribution in [-0.4, -0.2) is 35.1 Å². The molecular formula is C14H16F2N2O2S. The lowest BCUT2D eigenvalue weighted by atomic mass is 10.2. The molecule has 1 aliphatic heterocycles. The van der Waals surface area contributed by atoms with Crippen LogP contribution in [0.25, 0.3) is 0 Å². The van der Waals surface area contributed by atoms with E-state index in [4.69, 9.17) is 0 Å². The number of halogens is 2. The van der Waals surface area contributed by atoms with E-state index in [1.54, 1.807) is 18.2 Å². The number of alkyl halides is 2. The fourth-order valence-corrected chi connectivity index (χ4v) is 3.00. The van der Waals surface area contributed by atoms with Crippen LogP contribution < -0.4 is 5.32 Å². The van der Waals surface area contributed by atoms with E-state index in [-0.39, 0.29) is 11.8 Å². The number of rotatable bonds is 4. The van der Waals surface area contributed by atoms with Gasteiger partial charge >= 0.3 is 0 Å². The molecule has 1 atom stereocenters. The van der Waals surface area contributed by atoms with Crippen molar-refractivity contribution in [3.63, 3.8) is 0 Å². The summed E-state index contributed by atoms with van der Waals surface area (Å²) in [4.78, 5) is 25.6. The number of nitrogens with zero attached hydrogens (tertiary/aromatic N) is 1. The minimum Gasteiger partial charge on any atom is -0.331 e. The molecule has 1 aromatic rings. The van der Waals surface area contributed by atoms with E-state index < -0.39 is 11.8 Å². The maximum atomic E-state index is 12.5. The van der Waals surface area contributed by atoms with Gasteiger partial charge in [-0.3, -0.25) is 9.59 Å². The first kappa shape index (κ1) is 15.8. The Bertz CT molecular complexity index is 539. The third-order valence-electron chi connectivity index (χ3n) is 3.32. The van der Waals surface area contributed by atoms with Gasteiger partial charge in [-0.25, -0.2) is 0 Å². The summed E-state index contributed by atoms with van der Waals surface area (Å²) in [5.74, 6) is -3.03. The van der Waals surface area contributed by atoms with Crippen molar-refractivity contribution in [1.82, 2.24) is 4.90 Å². The molecule has 1 unspecified atom stereocenters. The van der Waals surface area contributed by atoms with E-state index in [1.807, 2.05) is 0 Å². The van der Waals surface area contributed by atoms with Gasteiger partial charge in [0.2, 0.25) is 11.8 Å². The first-order valence-corrected chi connectivity index (χ1v) is 7.49. The number of carbonyl (C=O) groups excluding carboxylic acids is 2. The zero-order chi connectivity index (χ0) is 15.4. The standard InChI is InChI=1S/C14H16F2N2O2S/c1-9(19)18-8-4-6-11(18)13(20)17-10-5-2-3-7-12(10)21-14(15)16/h2-3,5,7,11,14H,4,6,8H2,1H3,(H,17,20). The van der Waals surface area contributed by atoms with Crippen LogP contribution in [0.1, 0.15) is 19.8 Å². The molecular weight excluding hydrogens is 298 g/mol. The van der Waals surface area contributed by atoms with Gasteiger partial charge in [0.25, 0.3) is 5.76 Å². The maximum absolute atomic E-state index is 12.5. The van der Waals surface area contributed by atoms with Crippen LogP contribution in [0.5, 0.6) is 0 Å². The van der Waals surface area contributed by atoms with Crippen molar-refractivity contribution in [2.24, 2.45) is 0 Å².